The third-order valence-electron chi connectivity index (χ3n) is 3.67. The minimum atomic E-state index is -3.64. The molecule has 25 heavy (non-hydrogen) atoms. The van der Waals surface area contributed by atoms with Gasteiger partial charge in [0.1, 0.15) is 5.82 Å². The Labute approximate surface area is 145 Å². The molecule has 0 bridgehead atoms. The molecule has 0 aromatic carbocycles. The fourth-order valence-electron chi connectivity index (χ4n) is 2.49. The van der Waals surface area contributed by atoms with E-state index >= 15 is 0 Å². The third-order valence-corrected chi connectivity index (χ3v) is 5.40. The van der Waals surface area contributed by atoms with E-state index < -0.39 is 10.2 Å². The monoisotopic (exact) mass is 359 g/mol. The van der Waals surface area contributed by atoms with Crippen LogP contribution in [0, 0.1) is 0 Å². The topological polar surface area (TPSA) is 97.2 Å². The van der Waals surface area contributed by atoms with Gasteiger partial charge < -0.3 is 5.32 Å². The summed E-state index contributed by atoms with van der Waals surface area (Å²) in [5.74, 6) is 0.201. The summed E-state index contributed by atoms with van der Waals surface area (Å²) in [6, 6.07) is 5.22. The molecule has 3 aromatic rings. The second kappa shape index (κ2) is 6.26. The van der Waals surface area contributed by atoms with Gasteiger partial charge in [-0.15, -0.1) is 0 Å². The molecule has 130 valence electrons. The molecule has 3 heterocycles. The number of nitrogens with zero attached hydrogens (tertiary/aromatic N) is 4. The number of hydrogen-bond donors (Lipinski definition) is 1. The smallest absolute Gasteiger partial charge is 0.307 e. The first-order valence-electron chi connectivity index (χ1n) is 7.43. The van der Waals surface area contributed by atoms with Crippen LogP contribution in [0.3, 0.4) is 0 Å². The van der Waals surface area contributed by atoms with Gasteiger partial charge in [-0.25, -0.2) is 8.96 Å². The van der Waals surface area contributed by atoms with Gasteiger partial charge >= 0.3 is 10.2 Å². The summed E-state index contributed by atoms with van der Waals surface area (Å²) in [6.45, 7) is 1.41. The van der Waals surface area contributed by atoms with Gasteiger partial charge in [-0.3, -0.25) is 9.78 Å². The molecular weight excluding hydrogens is 342 g/mol. The lowest BCUT2D eigenvalue weighted by Crippen LogP contribution is -2.28. The van der Waals surface area contributed by atoms with Gasteiger partial charge in [-0.2, -0.15) is 12.7 Å². The van der Waals surface area contributed by atoms with E-state index in [1.807, 2.05) is 0 Å². The van der Waals surface area contributed by atoms with Crippen LogP contribution in [0.4, 0.5) is 5.82 Å². The second-order valence-electron chi connectivity index (χ2n) is 5.63. The zero-order valence-electron chi connectivity index (χ0n) is 14.0. The Hall–Kier alpha value is -2.78. The number of amides is 1. The van der Waals surface area contributed by atoms with Gasteiger partial charge in [-0.05, 0) is 23.8 Å². The molecule has 3 rings (SSSR count). The largest absolute Gasteiger partial charge is 0.311 e. The van der Waals surface area contributed by atoms with E-state index in [9.17, 15) is 13.2 Å². The van der Waals surface area contributed by atoms with Crippen LogP contribution >= 0.6 is 0 Å². The maximum absolute atomic E-state index is 12.4. The van der Waals surface area contributed by atoms with Crippen molar-refractivity contribution in [3.63, 3.8) is 0 Å². The Morgan fingerprint density at radius 2 is 2.00 bits per heavy atom. The second-order valence-corrected chi connectivity index (χ2v) is 7.65. The van der Waals surface area contributed by atoms with Crippen molar-refractivity contribution in [2.45, 2.75) is 6.92 Å². The number of carbonyl (C=O) groups excluding carboxylic acids is 1. The summed E-state index contributed by atoms with van der Waals surface area (Å²) in [4.78, 5) is 19.5. The molecule has 0 saturated carbocycles. The predicted molar refractivity (Wildman–Crippen MR) is 95.3 cm³/mol. The van der Waals surface area contributed by atoms with E-state index in [0.29, 0.717) is 11.3 Å². The molecule has 3 aromatic heterocycles. The van der Waals surface area contributed by atoms with Crippen molar-refractivity contribution < 1.29 is 13.2 Å². The number of fused-ring (bicyclic) bond motifs is 1. The Kier molecular flexibility index (Phi) is 4.27. The highest BCUT2D eigenvalue weighted by Gasteiger charge is 2.20. The molecule has 0 fully saturated rings. The molecule has 9 heteroatoms. The van der Waals surface area contributed by atoms with Gasteiger partial charge in [0, 0.05) is 50.6 Å². The van der Waals surface area contributed by atoms with Crippen molar-refractivity contribution in [3.8, 4) is 11.1 Å². The number of pyridine rings is 2. The quantitative estimate of drug-likeness (QED) is 0.765. The highest BCUT2D eigenvalue weighted by atomic mass is 32.2. The normalized spacial score (nSPS) is 11.8. The standard InChI is InChI=1S/C16H17N5O3S/c1-11(22)19-16-8-12(4-6-18-16)14-9-17-10-15-13(14)5-7-21(15)25(23,24)20(2)3/h4-10H,1-3H3,(H,18,19,22). The summed E-state index contributed by atoms with van der Waals surface area (Å²) < 4.78 is 27.2. The first-order chi connectivity index (χ1) is 11.8. The first kappa shape index (κ1) is 17.1. The average molecular weight is 359 g/mol. The molecule has 0 radical (unpaired) electrons. The highest BCUT2D eigenvalue weighted by Crippen LogP contribution is 2.30. The van der Waals surface area contributed by atoms with Gasteiger partial charge in [-0.1, -0.05) is 0 Å². The van der Waals surface area contributed by atoms with Crippen LogP contribution in [0.25, 0.3) is 22.0 Å². The summed E-state index contributed by atoms with van der Waals surface area (Å²) in [5, 5.41) is 3.37. The van der Waals surface area contributed by atoms with Gasteiger partial charge in [0.25, 0.3) is 0 Å². The molecule has 0 atom stereocenters. The molecule has 8 nitrogen and oxygen atoms in total. The lowest BCUT2D eigenvalue weighted by atomic mass is 10.1. The number of rotatable bonds is 4. The van der Waals surface area contributed by atoms with Crippen LogP contribution in [-0.4, -0.2) is 46.7 Å². The number of hydrogen-bond acceptors (Lipinski definition) is 5. The van der Waals surface area contributed by atoms with E-state index in [1.54, 1.807) is 30.6 Å². The Balaban J connectivity index is 2.17. The van der Waals surface area contributed by atoms with Gasteiger partial charge in [0.2, 0.25) is 5.91 Å². The van der Waals surface area contributed by atoms with Crippen molar-refractivity contribution in [2.75, 3.05) is 19.4 Å². The van der Waals surface area contributed by atoms with Crippen molar-refractivity contribution in [1.29, 1.82) is 0 Å². The van der Waals surface area contributed by atoms with Crippen molar-refractivity contribution >= 4 is 32.8 Å². The Bertz CT molecular complexity index is 1060. The Morgan fingerprint density at radius 3 is 2.68 bits per heavy atom. The van der Waals surface area contributed by atoms with Gasteiger partial charge in [0.15, 0.2) is 0 Å². The molecule has 1 amide bonds. The minimum Gasteiger partial charge on any atom is -0.311 e. The molecule has 0 aliphatic heterocycles. The van der Waals surface area contributed by atoms with E-state index in [4.69, 9.17) is 0 Å². The van der Waals surface area contributed by atoms with Crippen LogP contribution in [0.2, 0.25) is 0 Å². The predicted octanol–water partition coefficient (Wildman–Crippen LogP) is 1.71. The zero-order chi connectivity index (χ0) is 18.2. The lowest BCUT2D eigenvalue weighted by Gasteiger charge is -2.13. The Morgan fingerprint density at radius 1 is 1.24 bits per heavy atom. The summed E-state index contributed by atoms with van der Waals surface area (Å²) >= 11 is 0. The van der Waals surface area contributed by atoms with E-state index in [0.717, 1.165) is 20.8 Å². The number of anilines is 1. The van der Waals surface area contributed by atoms with Crippen LogP contribution in [0.15, 0.2) is 43.0 Å². The van der Waals surface area contributed by atoms with Crippen molar-refractivity contribution in [1.82, 2.24) is 18.2 Å². The fraction of sp³-hybridized carbons (Fsp3) is 0.188. The fourth-order valence-corrected chi connectivity index (χ4v) is 3.45. The zero-order valence-corrected chi connectivity index (χ0v) is 14.8. The summed E-state index contributed by atoms with van der Waals surface area (Å²) in [7, 11) is -0.696. The maximum Gasteiger partial charge on any atom is 0.307 e. The molecule has 0 unspecified atom stereocenters. The number of carbonyl (C=O) groups is 1. The van der Waals surface area contributed by atoms with Crippen LogP contribution < -0.4 is 5.32 Å². The van der Waals surface area contributed by atoms with Crippen molar-refractivity contribution in [3.05, 3.63) is 43.0 Å². The van der Waals surface area contributed by atoms with E-state index in [2.05, 4.69) is 15.3 Å². The van der Waals surface area contributed by atoms with Gasteiger partial charge in [0.05, 0.1) is 11.7 Å². The van der Waals surface area contributed by atoms with Crippen LogP contribution in [0.5, 0.6) is 0 Å². The molecule has 0 aliphatic rings. The molecule has 0 saturated heterocycles. The van der Waals surface area contributed by atoms with Crippen molar-refractivity contribution in [2.24, 2.45) is 0 Å². The lowest BCUT2D eigenvalue weighted by molar-refractivity contribution is -0.114. The summed E-state index contributed by atoms with van der Waals surface area (Å²) in [6.07, 6.45) is 6.24. The average Bonchev–Trinajstić information content (AvgIpc) is 2.99. The van der Waals surface area contributed by atoms with Crippen LogP contribution in [0.1, 0.15) is 6.92 Å². The molecule has 0 spiro atoms. The van der Waals surface area contributed by atoms with Crippen LogP contribution in [-0.2, 0) is 15.0 Å². The molecular formula is C16H17N5O3S. The highest BCUT2D eigenvalue weighted by molar-refractivity contribution is 7.87. The third kappa shape index (κ3) is 3.11. The van der Waals surface area contributed by atoms with E-state index in [-0.39, 0.29) is 5.91 Å². The van der Waals surface area contributed by atoms with E-state index in [1.165, 1.54) is 37.4 Å². The molecule has 0 aliphatic carbocycles. The maximum atomic E-state index is 12.4. The first-order valence-corrected chi connectivity index (χ1v) is 8.82. The SMILES string of the molecule is CC(=O)Nc1cc(-c2cncc3c2ccn3S(=O)(=O)N(C)C)ccn1. The minimum absolute atomic E-state index is 0.218. The number of nitrogens with one attached hydrogen (secondary N) is 1. The summed E-state index contributed by atoms with van der Waals surface area (Å²) in [5.41, 5.74) is 2.00. The number of aromatic nitrogens is 3. The molecule has 1 N–H and O–H groups in total.